The van der Waals surface area contributed by atoms with Crippen molar-refractivity contribution < 1.29 is 19.4 Å². The topological polar surface area (TPSA) is 55.8 Å². The van der Waals surface area contributed by atoms with Crippen LogP contribution in [0.15, 0.2) is 48.5 Å². The molecule has 5 heteroatoms. The summed E-state index contributed by atoms with van der Waals surface area (Å²) >= 11 is 4.43. The molecule has 1 fully saturated rings. The van der Waals surface area contributed by atoms with Gasteiger partial charge in [-0.05, 0) is 68.2 Å². The highest BCUT2D eigenvalue weighted by Gasteiger charge is 2.27. The monoisotopic (exact) mass is 428 g/mol. The minimum Gasteiger partial charge on any atom is -0.493 e. The van der Waals surface area contributed by atoms with Crippen LogP contribution in [0.2, 0.25) is 0 Å². The molecule has 2 aromatic carbocycles. The molecule has 0 bridgehead atoms. The van der Waals surface area contributed by atoms with Crippen LogP contribution in [-0.4, -0.2) is 29.5 Å². The Morgan fingerprint density at radius 3 is 2.50 bits per heavy atom. The van der Waals surface area contributed by atoms with E-state index in [0.717, 1.165) is 44.1 Å². The van der Waals surface area contributed by atoms with E-state index in [1.165, 1.54) is 18.4 Å². The van der Waals surface area contributed by atoms with Crippen molar-refractivity contribution in [2.75, 3.05) is 7.11 Å². The van der Waals surface area contributed by atoms with Crippen molar-refractivity contribution in [2.24, 2.45) is 0 Å². The van der Waals surface area contributed by atoms with Crippen molar-refractivity contribution in [3.8, 4) is 11.5 Å². The number of carbonyl (C=O) groups is 1. The quantitative estimate of drug-likeness (QED) is 0.346. The van der Waals surface area contributed by atoms with Gasteiger partial charge in [0.2, 0.25) is 0 Å². The van der Waals surface area contributed by atoms with Crippen LogP contribution in [0.5, 0.6) is 11.5 Å². The van der Waals surface area contributed by atoms with Gasteiger partial charge in [0, 0.05) is 5.92 Å². The first-order chi connectivity index (χ1) is 14.6. The standard InChI is InChI=1S/C25H32O4S/c1-28-22-16-15-19(17-23(22)29-20-12-6-7-13-20)21(24(30)25(26)27)14-8-5-11-18-9-3-2-4-10-18/h2-4,9-10,15-17,20-21,24,30H,5-8,11-14H2,1H3,(H,26,27). The number of rotatable bonds is 11. The Labute approximate surface area is 185 Å². The van der Waals surface area contributed by atoms with E-state index < -0.39 is 11.2 Å². The summed E-state index contributed by atoms with van der Waals surface area (Å²) in [5, 5.41) is 8.86. The predicted octanol–water partition coefficient (Wildman–Crippen LogP) is 5.90. The van der Waals surface area contributed by atoms with Crippen LogP contribution in [0.3, 0.4) is 0 Å². The average Bonchev–Trinajstić information content (AvgIpc) is 3.27. The molecular formula is C25H32O4S. The summed E-state index contributed by atoms with van der Waals surface area (Å²) < 4.78 is 11.7. The summed E-state index contributed by atoms with van der Waals surface area (Å²) in [7, 11) is 1.64. The van der Waals surface area contributed by atoms with Crippen molar-refractivity contribution in [1.82, 2.24) is 0 Å². The minimum absolute atomic E-state index is 0.182. The van der Waals surface area contributed by atoms with Crippen LogP contribution >= 0.6 is 12.6 Å². The highest BCUT2D eigenvalue weighted by molar-refractivity contribution is 7.81. The van der Waals surface area contributed by atoms with Crippen molar-refractivity contribution in [1.29, 1.82) is 0 Å². The van der Waals surface area contributed by atoms with Crippen LogP contribution in [-0.2, 0) is 11.2 Å². The number of hydrogen-bond donors (Lipinski definition) is 2. The molecule has 2 atom stereocenters. The first kappa shape index (κ1) is 22.5. The van der Waals surface area contributed by atoms with Crippen LogP contribution in [0.4, 0.5) is 0 Å². The van der Waals surface area contributed by atoms with E-state index in [1.807, 2.05) is 24.3 Å². The molecule has 162 valence electrons. The largest absolute Gasteiger partial charge is 0.493 e. The molecule has 1 aliphatic carbocycles. The molecule has 1 aliphatic rings. The maximum Gasteiger partial charge on any atom is 0.316 e. The molecule has 4 nitrogen and oxygen atoms in total. The highest BCUT2D eigenvalue weighted by Crippen LogP contribution is 2.37. The molecule has 0 heterocycles. The molecule has 0 aromatic heterocycles. The summed E-state index contributed by atoms with van der Waals surface area (Å²) in [6.45, 7) is 0. The number of ether oxygens (including phenoxy) is 2. The van der Waals surface area contributed by atoms with Gasteiger partial charge in [-0.1, -0.05) is 42.8 Å². The lowest BCUT2D eigenvalue weighted by atomic mass is 9.89. The molecule has 0 spiro atoms. The van der Waals surface area contributed by atoms with Gasteiger partial charge in [-0.15, -0.1) is 0 Å². The third-order valence-electron chi connectivity index (χ3n) is 5.92. The van der Waals surface area contributed by atoms with E-state index in [0.29, 0.717) is 11.5 Å². The average molecular weight is 429 g/mol. The molecule has 0 radical (unpaired) electrons. The summed E-state index contributed by atoms with van der Waals surface area (Å²) in [5.41, 5.74) is 2.26. The minimum atomic E-state index is -0.888. The summed E-state index contributed by atoms with van der Waals surface area (Å²) in [6.07, 6.45) is 8.42. The maximum atomic E-state index is 11.7. The number of methoxy groups -OCH3 is 1. The van der Waals surface area contributed by atoms with Crippen LogP contribution in [0.1, 0.15) is 62.0 Å². The SMILES string of the molecule is COc1ccc(C(CCCCc2ccccc2)C(S)C(=O)O)cc1OC1CCCC1. The second-order valence-corrected chi connectivity index (χ2v) is 8.61. The molecule has 1 saturated carbocycles. The lowest BCUT2D eigenvalue weighted by Gasteiger charge is -2.23. The molecule has 2 unspecified atom stereocenters. The number of thiol groups is 1. The van der Waals surface area contributed by atoms with Crippen LogP contribution in [0.25, 0.3) is 0 Å². The van der Waals surface area contributed by atoms with E-state index in [4.69, 9.17) is 9.47 Å². The molecular weight excluding hydrogens is 396 g/mol. The van der Waals surface area contributed by atoms with Crippen molar-refractivity contribution in [2.45, 2.75) is 68.6 Å². The zero-order chi connectivity index (χ0) is 21.3. The van der Waals surface area contributed by atoms with Gasteiger partial charge in [0.25, 0.3) is 0 Å². The van der Waals surface area contributed by atoms with Gasteiger partial charge < -0.3 is 14.6 Å². The number of carboxylic acid groups (broad SMARTS) is 1. The molecule has 0 saturated heterocycles. The second-order valence-electron chi connectivity index (χ2n) is 8.06. The first-order valence-corrected chi connectivity index (χ1v) is 11.4. The Balaban J connectivity index is 1.71. The lowest BCUT2D eigenvalue weighted by molar-refractivity contribution is -0.136. The van der Waals surface area contributed by atoms with Crippen molar-refractivity contribution in [3.05, 3.63) is 59.7 Å². The second kappa shape index (κ2) is 11.3. The number of hydrogen-bond acceptors (Lipinski definition) is 4. The van der Waals surface area contributed by atoms with E-state index in [1.54, 1.807) is 7.11 Å². The van der Waals surface area contributed by atoms with Gasteiger partial charge in [0.05, 0.1) is 13.2 Å². The van der Waals surface area contributed by atoms with E-state index in [2.05, 4.69) is 36.9 Å². The Hall–Kier alpha value is -2.14. The van der Waals surface area contributed by atoms with Gasteiger partial charge >= 0.3 is 5.97 Å². The summed E-state index contributed by atoms with van der Waals surface area (Å²) in [5.74, 6) is 0.334. The lowest BCUT2D eigenvalue weighted by Crippen LogP contribution is -2.23. The predicted molar refractivity (Wildman–Crippen MR) is 123 cm³/mol. The number of unbranched alkanes of at least 4 members (excludes halogenated alkanes) is 1. The Bertz CT molecular complexity index is 802. The van der Waals surface area contributed by atoms with Crippen molar-refractivity contribution in [3.63, 3.8) is 0 Å². The Morgan fingerprint density at radius 2 is 1.83 bits per heavy atom. The zero-order valence-electron chi connectivity index (χ0n) is 17.6. The zero-order valence-corrected chi connectivity index (χ0v) is 18.5. The van der Waals surface area contributed by atoms with Crippen molar-refractivity contribution >= 4 is 18.6 Å². The summed E-state index contributed by atoms with van der Waals surface area (Å²) in [4.78, 5) is 11.7. The van der Waals surface area contributed by atoms with E-state index in [-0.39, 0.29) is 12.0 Å². The molecule has 30 heavy (non-hydrogen) atoms. The maximum absolute atomic E-state index is 11.7. The first-order valence-electron chi connectivity index (χ1n) is 10.9. The normalized spacial score (nSPS) is 16.2. The van der Waals surface area contributed by atoms with Gasteiger partial charge in [-0.25, -0.2) is 0 Å². The molecule has 1 N–H and O–H groups in total. The number of carboxylic acids is 1. The van der Waals surface area contributed by atoms with E-state index in [9.17, 15) is 9.90 Å². The highest BCUT2D eigenvalue weighted by atomic mass is 32.1. The van der Waals surface area contributed by atoms with Crippen LogP contribution < -0.4 is 9.47 Å². The fraction of sp³-hybridized carbons (Fsp3) is 0.480. The fourth-order valence-electron chi connectivity index (χ4n) is 4.22. The number of aliphatic carboxylic acids is 1. The van der Waals surface area contributed by atoms with Gasteiger partial charge in [0.1, 0.15) is 5.25 Å². The van der Waals surface area contributed by atoms with Gasteiger partial charge in [-0.3, -0.25) is 4.79 Å². The molecule has 0 aliphatic heterocycles. The Kier molecular flexibility index (Phi) is 8.50. The number of aryl methyl sites for hydroxylation is 1. The molecule has 2 aromatic rings. The molecule has 3 rings (SSSR count). The summed E-state index contributed by atoms with van der Waals surface area (Å²) in [6, 6.07) is 16.2. The van der Waals surface area contributed by atoms with E-state index >= 15 is 0 Å². The Morgan fingerprint density at radius 1 is 1.10 bits per heavy atom. The number of benzene rings is 2. The van der Waals surface area contributed by atoms with Crippen LogP contribution in [0, 0.1) is 0 Å². The van der Waals surface area contributed by atoms with Gasteiger partial charge in [0.15, 0.2) is 11.5 Å². The molecule has 0 amide bonds. The van der Waals surface area contributed by atoms with Gasteiger partial charge in [-0.2, -0.15) is 12.6 Å². The third kappa shape index (κ3) is 6.18. The third-order valence-corrected chi connectivity index (χ3v) is 6.50. The smallest absolute Gasteiger partial charge is 0.316 e. The fourth-order valence-corrected chi connectivity index (χ4v) is 4.54.